The zero-order valence-corrected chi connectivity index (χ0v) is 12.5. The molecule has 0 aliphatic carbocycles. The number of aromatic carboxylic acids is 1. The summed E-state index contributed by atoms with van der Waals surface area (Å²) in [6, 6.07) is 3.67. The number of halogens is 1. The van der Waals surface area contributed by atoms with Gasteiger partial charge in [0, 0.05) is 11.9 Å². The van der Waals surface area contributed by atoms with E-state index in [1.54, 1.807) is 34.9 Å². The molecule has 0 unspecified atom stereocenters. The second-order valence-electron chi connectivity index (χ2n) is 4.35. The van der Waals surface area contributed by atoms with Crippen LogP contribution in [-0.4, -0.2) is 35.6 Å². The van der Waals surface area contributed by atoms with Crippen LogP contribution in [0.4, 0.5) is 0 Å². The maximum atomic E-state index is 11.3. The summed E-state index contributed by atoms with van der Waals surface area (Å²) in [5.41, 5.74) is 0.966. The fraction of sp³-hybridized carbons (Fsp3) is 0.167. The average Bonchev–Trinajstić information content (AvgIpc) is 3.11. The molecule has 3 heterocycles. The van der Waals surface area contributed by atoms with Crippen molar-refractivity contribution in [2.24, 2.45) is 7.05 Å². The second kappa shape index (κ2) is 5.30. The Bertz CT molecular complexity index is 806. The molecule has 3 rings (SSSR count). The van der Waals surface area contributed by atoms with Crippen molar-refractivity contribution in [3.63, 3.8) is 0 Å². The van der Waals surface area contributed by atoms with Crippen LogP contribution in [0.15, 0.2) is 24.7 Å². The predicted molar refractivity (Wildman–Crippen MR) is 77.6 cm³/mol. The first kappa shape index (κ1) is 13.8. The minimum Gasteiger partial charge on any atom is -0.476 e. The lowest BCUT2D eigenvalue weighted by molar-refractivity contribution is 0.0691. The molecule has 0 fully saturated rings. The van der Waals surface area contributed by atoms with E-state index in [9.17, 15) is 9.90 Å². The summed E-state index contributed by atoms with van der Waals surface area (Å²) in [5.74, 6) is -1.12. The maximum Gasteiger partial charge on any atom is 0.358 e. The lowest BCUT2D eigenvalue weighted by Crippen LogP contribution is -2.07. The molecule has 0 atom stereocenters. The van der Waals surface area contributed by atoms with Gasteiger partial charge in [-0.15, -0.1) is 16.4 Å². The number of carboxylic acid groups (broad SMARTS) is 1. The molecule has 0 spiro atoms. The normalized spacial score (nSPS) is 11.0. The van der Waals surface area contributed by atoms with Gasteiger partial charge in [-0.3, -0.25) is 0 Å². The van der Waals surface area contributed by atoms with Crippen molar-refractivity contribution < 1.29 is 9.90 Å². The summed E-state index contributed by atoms with van der Waals surface area (Å²) < 4.78 is 3.94. The number of rotatable bonds is 4. The quantitative estimate of drug-likeness (QED) is 0.795. The molecule has 9 heteroatoms. The first-order valence-electron chi connectivity index (χ1n) is 5.94. The molecule has 0 aliphatic rings. The third kappa shape index (κ3) is 2.55. The molecule has 0 bridgehead atoms. The fourth-order valence-electron chi connectivity index (χ4n) is 1.99. The van der Waals surface area contributed by atoms with Crippen LogP contribution in [0.1, 0.15) is 15.4 Å². The van der Waals surface area contributed by atoms with Crippen LogP contribution in [0.25, 0.3) is 11.4 Å². The van der Waals surface area contributed by atoms with E-state index in [1.165, 1.54) is 11.3 Å². The minimum atomic E-state index is -1.12. The molecular weight excluding hydrogens is 314 g/mol. The van der Waals surface area contributed by atoms with Crippen molar-refractivity contribution in [3.05, 3.63) is 39.6 Å². The first-order chi connectivity index (χ1) is 10.1. The lowest BCUT2D eigenvalue weighted by atomic mass is 10.2. The topological polar surface area (TPSA) is 85.8 Å². The number of hydrogen-bond donors (Lipinski definition) is 1. The predicted octanol–water partition coefficient (Wildman–Crippen LogP) is 2.14. The summed E-state index contributed by atoms with van der Waals surface area (Å²) in [7, 11) is 1.79. The van der Waals surface area contributed by atoms with Gasteiger partial charge in [0.1, 0.15) is 5.69 Å². The summed E-state index contributed by atoms with van der Waals surface area (Å²) in [6.07, 6.45) is 3.18. The third-order valence-electron chi connectivity index (χ3n) is 2.93. The van der Waals surface area contributed by atoms with Crippen molar-refractivity contribution in [1.82, 2.24) is 24.5 Å². The van der Waals surface area contributed by atoms with Crippen LogP contribution in [0.3, 0.4) is 0 Å². The number of hydrogen-bond acceptors (Lipinski definition) is 5. The SMILES string of the molecule is Cn1cncc1-c1c(C(=O)O)nnn1Cc1ccc(Cl)s1. The zero-order valence-electron chi connectivity index (χ0n) is 10.9. The fourth-order valence-corrected chi connectivity index (χ4v) is 3.06. The summed E-state index contributed by atoms with van der Waals surface area (Å²) in [5, 5.41) is 17.0. The monoisotopic (exact) mass is 323 g/mol. The molecule has 0 radical (unpaired) electrons. The van der Waals surface area contributed by atoms with Gasteiger partial charge in [-0.1, -0.05) is 16.8 Å². The highest BCUT2D eigenvalue weighted by Crippen LogP contribution is 2.26. The van der Waals surface area contributed by atoms with Gasteiger partial charge in [0.2, 0.25) is 0 Å². The van der Waals surface area contributed by atoms with Crippen LogP contribution in [0.5, 0.6) is 0 Å². The van der Waals surface area contributed by atoms with E-state index in [-0.39, 0.29) is 5.69 Å². The van der Waals surface area contributed by atoms with Gasteiger partial charge in [-0.2, -0.15) is 0 Å². The Hall–Kier alpha value is -2.19. The molecule has 1 N–H and O–H groups in total. The molecular formula is C12H10ClN5O2S. The van der Waals surface area contributed by atoms with E-state index in [2.05, 4.69) is 15.3 Å². The number of aromatic nitrogens is 5. The molecule has 0 aliphatic heterocycles. The molecule has 0 amide bonds. The second-order valence-corrected chi connectivity index (χ2v) is 6.14. The molecule has 108 valence electrons. The Labute approximate surface area is 128 Å². The van der Waals surface area contributed by atoms with Crippen LogP contribution < -0.4 is 0 Å². The van der Waals surface area contributed by atoms with Crippen LogP contribution in [0.2, 0.25) is 4.34 Å². The third-order valence-corrected chi connectivity index (χ3v) is 4.15. The minimum absolute atomic E-state index is 0.0961. The van der Waals surface area contributed by atoms with Crippen LogP contribution in [0, 0.1) is 0 Å². The average molecular weight is 324 g/mol. The number of carbonyl (C=O) groups is 1. The van der Waals surface area contributed by atoms with Crippen molar-refractivity contribution in [2.75, 3.05) is 0 Å². The number of aryl methyl sites for hydroxylation is 1. The van der Waals surface area contributed by atoms with E-state index >= 15 is 0 Å². The van der Waals surface area contributed by atoms with Gasteiger partial charge in [0.15, 0.2) is 5.69 Å². The lowest BCUT2D eigenvalue weighted by Gasteiger charge is -2.06. The van der Waals surface area contributed by atoms with Crippen molar-refractivity contribution in [2.45, 2.75) is 6.54 Å². The van der Waals surface area contributed by atoms with Gasteiger partial charge < -0.3 is 9.67 Å². The Morgan fingerprint density at radius 2 is 2.29 bits per heavy atom. The van der Waals surface area contributed by atoms with Gasteiger partial charge in [0.25, 0.3) is 0 Å². The number of carboxylic acids is 1. The summed E-state index contributed by atoms with van der Waals surface area (Å²) in [4.78, 5) is 16.3. The Morgan fingerprint density at radius 3 is 2.86 bits per heavy atom. The molecule has 7 nitrogen and oxygen atoms in total. The van der Waals surface area contributed by atoms with Crippen LogP contribution in [-0.2, 0) is 13.6 Å². The Morgan fingerprint density at radius 1 is 1.48 bits per heavy atom. The van der Waals surface area contributed by atoms with Gasteiger partial charge in [-0.05, 0) is 12.1 Å². The standard InChI is InChI=1S/C12H10ClN5O2S/c1-17-6-14-4-8(17)11-10(12(19)20)15-16-18(11)5-7-2-3-9(13)21-7/h2-4,6H,5H2,1H3,(H,19,20). The van der Waals surface area contributed by atoms with E-state index in [0.717, 1.165) is 4.88 Å². The first-order valence-corrected chi connectivity index (χ1v) is 7.13. The Kier molecular flexibility index (Phi) is 3.48. The van der Waals surface area contributed by atoms with Gasteiger partial charge in [0.05, 0.1) is 29.1 Å². The summed E-state index contributed by atoms with van der Waals surface area (Å²) in [6.45, 7) is 0.401. The van der Waals surface area contributed by atoms with Gasteiger partial charge >= 0.3 is 5.97 Å². The maximum absolute atomic E-state index is 11.3. The highest BCUT2D eigenvalue weighted by molar-refractivity contribution is 7.16. The molecule has 0 saturated carbocycles. The Balaban J connectivity index is 2.09. The smallest absolute Gasteiger partial charge is 0.358 e. The number of nitrogens with zero attached hydrogens (tertiary/aromatic N) is 5. The largest absolute Gasteiger partial charge is 0.476 e. The van der Waals surface area contributed by atoms with E-state index in [0.29, 0.717) is 22.3 Å². The van der Waals surface area contributed by atoms with Crippen molar-refractivity contribution in [1.29, 1.82) is 0 Å². The van der Waals surface area contributed by atoms with Crippen LogP contribution >= 0.6 is 22.9 Å². The molecule has 0 saturated heterocycles. The summed E-state index contributed by atoms with van der Waals surface area (Å²) >= 11 is 7.33. The van der Waals surface area contributed by atoms with E-state index in [4.69, 9.17) is 11.6 Å². The van der Waals surface area contributed by atoms with E-state index in [1.807, 2.05) is 6.07 Å². The highest BCUT2D eigenvalue weighted by Gasteiger charge is 2.23. The van der Waals surface area contributed by atoms with Crippen molar-refractivity contribution in [3.8, 4) is 11.4 Å². The highest BCUT2D eigenvalue weighted by atomic mass is 35.5. The zero-order chi connectivity index (χ0) is 15.0. The molecule has 21 heavy (non-hydrogen) atoms. The van der Waals surface area contributed by atoms with Gasteiger partial charge in [-0.25, -0.2) is 14.5 Å². The molecule has 0 aromatic carbocycles. The molecule has 3 aromatic heterocycles. The number of imidazole rings is 1. The molecule has 3 aromatic rings. The number of thiophene rings is 1. The van der Waals surface area contributed by atoms with Crippen molar-refractivity contribution >= 4 is 28.9 Å². The van der Waals surface area contributed by atoms with E-state index < -0.39 is 5.97 Å².